The van der Waals surface area contributed by atoms with Crippen molar-refractivity contribution < 1.29 is 33.3 Å². The van der Waals surface area contributed by atoms with Crippen molar-refractivity contribution in [1.29, 1.82) is 0 Å². The fourth-order valence-electron chi connectivity index (χ4n) is 3.22. The maximum Gasteiger partial charge on any atom is 0.355 e. The standard InChI is InChI=1S/C21H19NO7/c1-25-20(23)15-11-27-12-22(19(15)21(24)26-2)14-7-8-16-13(9-14)10-28-17-5-3-4-6-18(17)29-16/h3-9H,10-12H2,1-2H3. The van der Waals surface area contributed by atoms with Gasteiger partial charge in [-0.25, -0.2) is 9.59 Å². The molecule has 0 amide bonds. The number of carbonyl (C=O) groups is 2. The van der Waals surface area contributed by atoms with Crippen LogP contribution >= 0.6 is 0 Å². The van der Waals surface area contributed by atoms with Crippen molar-refractivity contribution in [2.45, 2.75) is 6.61 Å². The number of nitrogens with zero attached hydrogens (tertiary/aromatic N) is 1. The minimum absolute atomic E-state index is 0.0416. The van der Waals surface area contributed by atoms with Gasteiger partial charge >= 0.3 is 11.9 Å². The van der Waals surface area contributed by atoms with Crippen LogP contribution in [0.1, 0.15) is 5.56 Å². The number of para-hydroxylation sites is 2. The third-order valence-electron chi connectivity index (χ3n) is 4.64. The van der Waals surface area contributed by atoms with Gasteiger partial charge in [0.15, 0.2) is 11.5 Å². The van der Waals surface area contributed by atoms with Crippen molar-refractivity contribution in [3.8, 4) is 17.2 Å². The van der Waals surface area contributed by atoms with E-state index in [0.717, 1.165) is 5.56 Å². The number of esters is 2. The third kappa shape index (κ3) is 3.50. The van der Waals surface area contributed by atoms with Crippen LogP contribution in [0.3, 0.4) is 0 Å². The lowest BCUT2D eigenvalue weighted by atomic mass is 10.1. The van der Waals surface area contributed by atoms with Gasteiger partial charge in [0.25, 0.3) is 0 Å². The highest BCUT2D eigenvalue weighted by Crippen LogP contribution is 2.39. The number of fused-ring (bicyclic) bond motifs is 2. The molecule has 0 atom stereocenters. The molecule has 2 aliphatic heterocycles. The molecule has 2 aromatic carbocycles. The minimum atomic E-state index is -0.649. The first-order chi connectivity index (χ1) is 14.1. The number of carbonyl (C=O) groups excluding carboxylic acids is 2. The third-order valence-corrected chi connectivity index (χ3v) is 4.64. The molecule has 8 nitrogen and oxygen atoms in total. The van der Waals surface area contributed by atoms with Gasteiger partial charge in [-0.05, 0) is 30.3 Å². The van der Waals surface area contributed by atoms with E-state index in [9.17, 15) is 9.59 Å². The summed E-state index contributed by atoms with van der Waals surface area (Å²) in [6.07, 6.45) is 0. The molecule has 0 fully saturated rings. The van der Waals surface area contributed by atoms with Crippen LogP contribution in [0.5, 0.6) is 17.2 Å². The minimum Gasteiger partial charge on any atom is -0.485 e. The van der Waals surface area contributed by atoms with E-state index in [1.54, 1.807) is 17.0 Å². The average Bonchev–Trinajstić information content (AvgIpc) is 2.96. The van der Waals surface area contributed by atoms with E-state index in [-0.39, 0.29) is 31.2 Å². The second-order valence-electron chi connectivity index (χ2n) is 6.35. The number of methoxy groups -OCH3 is 2. The molecule has 4 rings (SSSR count). The Balaban J connectivity index is 1.73. The Hall–Kier alpha value is -3.52. The Bertz CT molecular complexity index is 998. The summed E-state index contributed by atoms with van der Waals surface area (Å²) in [6.45, 7) is 0.321. The number of ether oxygens (including phenoxy) is 5. The first-order valence-electron chi connectivity index (χ1n) is 8.90. The van der Waals surface area contributed by atoms with Crippen molar-refractivity contribution in [3.63, 3.8) is 0 Å². The molecule has 0 N–H and O–H groups in total. The predicted octanol–water partition coefficient (Wildman–Crippen LogP) is 2.77. The maximum absolute atomic E-state index is 12.4. The largest absolute Gasteiger partial charge is 0.485 e. The normalized spacial score (nSPS) is 15.3. The van der Waals surface area contributed by atoms with Crippen LogP contribution in [-0.4, -0.2) is 39.5 Å². The summed E-state index contributed by atoms with van der Waals surface area (Å²) in [4.78, 5) is 26.2. The van der Waals surface area contributed by atoms with E-state index in [4.69, 9.17) is 23.7 Å². The quantitative estimate of drug-likeness (QED) is 0.731. The number of hydrogen-bond acceptors (Lipinski definition) is 8. The molecule has 8 heteroatoms. The molecule has 2 aliphatic rings. The van der Waals surface area contributed by atoms with Gasteiger partial charge in [-0.15, -0.1) is 0 Å². The number of rotatable bonds is 3. The molecule has 29 heavy (non-hydrogen) atoms. The zero-order valence-corrected chi connectivity index (χ0v) is 16.0. The molecule has 0 saturated heterocycles. The van der Waals surface area contributed by atoms with Crippen LogP contribution < -0.4 is 14.4 Å². The van der Waals surface area contributed by atoms with Gasteiger partial charge in [0.1, 0.15) is 24.8 Å². The van der Waals surface area contributed by atoms with E-state index in [1.165, 1.54) is 14.2 Å². The first-order valence-corrected chi connectivity index (χ1v) is 8.90. The van der Waals surface area contributed by atoms with Crippen LogP contribution in [-0.2, 0) is 30.4 Å². The summed E-state index contributed by atoms with van der Waals surface area (Å²) >= 11 is 0. The molecule has 0 spiro atoms. The van der Waals surface area contributed by atoms with E-state index in [0.29, 0.717) is 22.9 Å². The van der Waals surface area contributed by atoms with Crippen LogP contribution in [0, 0.1) is 0 Å². The van der Waals surface area contributed by atoms with Crippen LogP contribution in [0.2, 0.25) is 0 Å². The van der Waals surface area contributed by atoms with Crippen LogP contribution in [0.25, 0.3) is 0 Å². The monoisotopic (exact) mass is 397 g/mol. The Morgan fingerprint density at radius 2 is 1.69 bits per heavy atom. The van der Waals surface area contributed by atoms with E-state index in [2.05, 4.69) is 0 Å². The summed E-state index contributed by atoms with van der Waals surface area (Å²) in [6, 6.07) is 12.8. The van der Waals surface area contributed by atoms with Crippen LogP contribution in [0.4, 0.5) is 5.69 Å². The van der Waals surface area contributed by atoms with Crippen molar-refractivity contribution >= 4 is 17.6 Å². The molecule has 0 unspecified atom stereocenters. The summed E-state index contributed by atoms with van der Waals surface area (Å²) in [5, 5.41) is 0. The Kier molecular flexibility index (Phi) is 5.09. The Morgan fingerprint density at radius 3 is 2.45 bits per heavy atom. The van der Waals surface area contributed by atoms with Crippen molar-refractivity contribution in [1.82, 2.24) is 0 Å². The molecule has 0 radical (unpaired) electrons. The van der Waals surface area contributed by atoms with E-state index >= 15 is 0 Å². The molecular weight excluding hydrogens is 378 g/mol. The topological polar surface area (TPSA) is 83.5 Å². The summed E-state index contributed by atoms with van der Waals surface area (Å²) in [7, 11) is 2.51. The second-order valence-corrected chi connectivity index (χ2v) is 6.35. The molecule has 0 bridgehead atoms. The lowest BCUT2D eigenvalue weighted by Gasteiger charge is -2.31. The molecule has 0 aliphatic carbocycles. The summed E-state index contributed by atoms with van der Waals surface area (Å²) in [5.41, 5.74) is 1.60. The number of hydrogen-bond donors (Lipinski definition) is 0. The molecule has 0 aromatic heterocycles. The van der Waals surface area contributed by atoms with Crippen molar-refractivity contribution in [2.24, 2.45) is 0 Å². The average molecular weight is 397 g/mol. The lowest BCUT2D eigenvalue weighted by molar-refractivity contribution is -0.140. The smallest absolute Gasteiger partial charge is 0.355 e. The highest BCUT2D eigenvalue weighted by Gasteiger charge is 2.33. The molecule has 0 saturated carbocycles. The fraction of sp³-hybridized carbons (Fsp3) is 0.238. The van der Waals surface area contributed by atoms with Gasteiger partial charge in [-0.3, -0.25) is 0 Å². The molecular formula is C21H19NO7. The van der Waals surface area contributed by atoms with E-state index < -0.39 is 11.9 Å². The van der Waals surface area contributed by atoms with Gasteiger partial charge in [-0.2, -0.15) is 0 Å². The highest BCUT2D eigenvalue weighted by atomic mass is 16.5. The molecule has 150 valence electrons. The molecule has 2 aromatic rings. The number of anilines is 1. The van der Waals surface area contributed by atoms with Gasteiger partial charge in [0.2, 0.25) is 0 Å². The summed E-state index contributed by atoms with van der Waals surface area (Å²) < 4.78 is 27.0. The SMILES string of the molecule is COC(=O)C1=C(C(=O)OC)N(c2ccc3c(c2)COc2ccccc2O3)COC1. The van der Waals surface area contributed by atoms with Gasteiger partial charge < -0.3 is 28.6 Å². The predicted molar refractivity (Wildman–Crippen MR) is 102 cm³/mol. The molecule has 2 heterocycles. The summed E-state index contributed by atoms with van der Waals surface area (Å²) in [5.74, 6) is 0.627. The Labute approximate surface area is 167 Å². The van der Waals surface area contributed by atoms with Gasteiger partial charge in [0.05, 0.1) is 26.4 Å². The van der Waals surface area contributed by atoms with Gasteiger partial charge in [0, 0.05) is 11.3 Å². The number of benzene rings is 2. The van der Waals surface area contributed by atoms with Crippen molar-refractivity contribution in [2.75, 3.05) is 32.5 Å². The zero-order chi connectivity index (χ0) is 20.4. The van der Waals surface area contributed by atoms with Gasteiger partial charge in [-0.1, -0.05) is 12.1 Å². The zero-order valence-electron chi connectivity index (χ0n) is 16.0. The fourth-order valence-corrected chi connectivity index (χ4v) is 3.22. The maximum atomic E-state index is 12.4. The Morgan fingerprint density at radius 1 is 0.931 bits per heavy atom. The lowest BCUT2D eigenvalue weighted by Crippen LogP contribution is -2.38. The van der Waals surface area contributed by atoms with Crippen molar-refractivity contribution in [3.05, 3.63) is 59.3 Å². The van der Waals surface area contributed by atoms with Crippen LogP contribution in [0.15, 0.2) is 53.7 Å². The highest BCUT2D eigenvalue weighted by molar-refractivity contribution is 6.03. The van der Waals surface area contributed by atoms with E-state index in [1.807, 2.05) is 30.3 Å². The second kappa shape index (κ2) is 7.84. The first kappa shape index (κ1) is 18.8.